The van der Waals surface area contributed by atoms with Crippen LogP contribution in [-0.2, 0) is 9.53 Å². The molecular formula is C18H30O3. The quantitative estimate of drug-likeness (QED) is 0.600. The molecule has 21 heavy (non-hydrogen) atoms. The third-order valence-electron chi connectivity index (χ3n) is 4.49. The molecule has 1 rings (SSSR count). The first kappa shape index (κ1) is 18.0. The van der Waals surface area contributed by atoms with Gasteiger partial charge in [0.2, 0.25) is 0 Å². The van der Waals surface area contributed by atoms with Crippen molar-refractivity contribution in [2.45, 2.75) is 58.8 Å². The van der Waals surface area contributed by atoms with Crippen molar-refractivity contribution in [2.75, 3.05) is 13.7 Å². The molecule has 0 aromatic heterocycles. The summed E-state index contributed by atoms with van der Waals surface area (Å²) in [4.78, 5) is 12.0. The molecule has 0 aromatic rings. The summed E-state index contributed by atoms with van der Waals surface area (Å²) in [5, 5.41) is 9.83. The Kier molecular flexibility index (Phi) is 7.73. The number of unbranched alkanes of at least 4 members (excludes halogenated alkanes) is 4. The van der Waals surface area contributed by atoms with Crippen LogP contribution in [0.5, 0.6) is 0 Å². The number of carboxylic acid groups (broad SMARTS) is 1. The van der Waals surface area contributed by atoms with Crippen LogP contribution in [0.25, 0.3) is 0 Å². The SMILES string of the molecule is CCCCCCCC1(C(=O)O)C=CC(C)=CC1CCOC. The third kappa shape index (κ3) is 4.99. The molecule has 120 valence electrons. The van der Waals surface area contributed by atoms with Crippen molar-refractivity contribution in [3.63, 3.8) is 0 Å². The van der Waals surface area contributed by atoms with Crippen molar-refractivity contribution in [2.24, 2.45) is 11.3 Å². The van der Waals surface area contributed by atoms with Crippen molar-refractivity contribution >= 4 is 5.97 Å². The van der Waals surface area contributed by atoms with Crippen molar-refractivity contribution < 1.29 is 14.6 Å². The van der Waals surface area contributed by atoms with Gasteiger partial charge in [0.05, 0.1) is 5.41 Å². The average Bonchev–Trinajstić information content (AvgIpc) is 2.46. The molecule has 0 fully saturated rings. The summed E-state index contributed by atoms with van der Waals surface area (Å²) in [5.74, 6) is -0.662. The van der Waals surface area contributed by atoms with Gasteiger partial charge in [0.15, 0.2) is 0 Å². The molecule has 0 radical (unpaired) electrons. The summed E-state index contributed by atoms with van der Waals surface area (Å²) in [6.07, 6.45) is 13.2. The van der Waals surface area contributed by atoms with Gasteiger partial charge in [0.25, 0.3) is 0 Å². The Labute approximate surface area is 129 Å². The van der Waals surface area contributed by atoms with E-state index in [4.69, 9.17) is 4.74 Å². The lowest BCUT2D eigenvalue weighted by atomic mass is 9.67. The first-order valence-corrected chi connectivity index (χ1v) is 8.16. The smallest absolute Gasteiger partial charge is 0.314 e. The number of ether oxygens (including phenoxy) is 1. The number of hydrogen-bond acceptors (Lipinski definition) is 2. The third-order valence-corrected chi connectivity index (χ3v) is 4.49. The zero-order valence-electron chi connectivity index (χ0n) is 13.7. The van der Waals surface area contributed by atoms with Crippen LogP contribution >= 0.6 is 0 Å². The van der Waals surface area contributed by atoms with Crippen LogP contribution in [0.2, 0.25) is 0 Å². The summed E-state index contributed by atoms with van der Waals surface area (Å²) in [6, 6.07) is 0. The fourth-order valence-corrected chi connectivity index (χ4v) is 3.14. The maximum atomic E-state index is 12.0. The molecule has 1 aliphatic rings. The highest BCUT2D eigenvalue weighted by molar-refractivity contribution is 5.78. The molecule has 0 saturated carbocycles. The predicted octanol–water partition coefficient (Wildman–Crippen LogP) is 4.59. The molecule has 0 amide bonds. The van der Waals surface area contributed by atoms with Crippen molar-refractivity contribution in [1.82, 2.24) is 0 Å². The molecule has 0 aliphatic heterocycles. The van der Waals surface area contributed by atoms with E-state index in [9.17, 15) is 9.90 Å². The molecule has 0 heterocycles. The Morgan fingerprint density at radius 3 is 2.67 bits per heavy atom. The van der Waals surface area contributed by atoms with Crippen LogP contribution in [0.4, 0.5) is 0 Å². The zero-order valence-corrected chi connectivity index (χ0v) is 13.7. The molecule has 0 saturated heterocycles. The van der Waals surface area contributed by atoms with E-state index >= 15 is 0 Å². The van der Waals surface area contributed by atoms with Gasteiger partial charge in [-0.25, -0.2) is 0 Å². The van der Waals surface area contributed by atoms with Crippen molar-refractivity contribution in [3.8, 4) is 0 Å². The van der Waals surface area contributed by atoms with Gasteiger partial charge in [-0.05, 0) is 25.7 Å². The van der Waals surface area contributed by atoms with Gasteiger partial charge >= 0.3 is 5.97 Å². The van der Waals surface area contributed by atoms with E-state index < -0.39 is 11.4 Å². The van der Waals surface area contributed by atoms with E-state index in [0.717, 1.165) is 31.3 Å². The standard InChI is InChI=1S/C18H30O3/c1-4-5-6-7-8-11-18(17(19)20)12-9-15(2)14-16(18)10-13-21-3/h9,12,14,16H,4-8,10-11,13H2,1-3H3,(H,19,20). The number of carbonyl (C=O) groups is 1. The van der Waals surface area contributed by atoms with Gasteiger partial charge in [-0.15, -0.1) is 0 Å². The number of allylic oxidation sites excluding steroid dienone is 3. The monoisotopic (exact) mass is 294 g/mol. The lowest BCUT2D eigenvalue weighted by Gasteiger charge is -2.36. The normalized spacial score (nSPS) is 24.9. The number of carboxylic acids is 1. The number of methoxy groups -OCH3 is 1. The lowest BCUT2D eigenvalue weighted by molar-refractivity contribution is -0.149. The van der Waals surface area contributed by atoms with E-state index in [2.05, 4.69) is 13.0 Å². The summed E-state index contributed by atoms with van der Waals surface area (Å²) in [5.41, 5.74) is 0.406. The first-order chi connectivity index (χ1) is 10.1. The minimum atomic E-state index is -0.746. The van der Waals surface area contributed by atoms with E-state index in [1.807, 2.05) is 19.1 Å². The molecule has 0 spiro atoms. The number of aliphatic carboxylic acids is 1. The summed E-state index contributed by atoms with van der Waals surface area (Å²) >= 11 is 0. The summed E-state index contributed by atoms with van der Waals surface area (Å²) < 4.78 is 5.16. The predicted molar refractivity (Wildman–Crippen MR) is 86.3 cm³/mol. The first-order valence-electron chi connectivity index (χ1n) is 8.16. The molecule has 1 aliphatic carbocycles. The van der Waals surface area contributed by atoms with Crippen LogP contribution in [0.3, 0.4) is 0 Å². The van der Waals surface area contributed by atoms with Crippen LogP contribution in [-0.4, -0.2) is 24.8 Å². The highest BCUT2D eigenvalue weighted by Crippen LogP contribution is 2.42. The molecule has 3 nitrogen and oxygen atoms in total. The van der Waals surface area contributed by atoms with Gasteiger partial charge in [-0.2, -0.15) is 0 Å². The lowest BCUT2D eigenvalue weighted by Crippen LogP contribution is -2.38. The zero-order chi connectivity index (χ0) is 15.7. The molecule has 2 unspecified atom stereocenters. The Morgan fingerprint density at radius 1 is 1.33 bits per heavy atom. The largest absolute Gasteiger partial charge is 0.481 e. The molecule has 0 aromatic carbocycles. The van der Waals surface area contributed by atoms with Crippen LogP contribution in [0, 0.1) is 11.3 Å². The molecule has 3 heteroatoms. The second-order valence-corrected chi connectivity index (χ2v) is 6.14. The van der Waals surface area contributed by atoms with Crippen LogP contribution < -0.4 is 0 Å². The number of rotatable bonds is 10. The molecular weight excluding hydrogens is 264 g/mol. The Morgan fingerprint density at radius 2 is 2.05 bits per heavy atom. The van der Waals surface area contributed by atoms with Crippen molar-refractivity contribution in [3.05, 3.63) is 23.8 Å². The fraction of sp³-hybridized carbons (Fsp3) is 0.722. The summed E-state index contributed by atoms with van der Waals surface area (Å²) in [7, 11) is 1.67. The second kappa shape index (κ2) is 9.04. The Hall–Kier alpha value is -1.09. The van der Waals surface area contributed by atoms with E-state index in [1.54, 1.807) is 7.11 Å². The fourth-order valence-electron chi connectivity index (χ4n) is 3.14. The minimum absolute atomic E-state index is 0.0334. The van der Waals surface area contributed by atoms with Gasteiger partial charge in [0.1, 0.15) is 0 Å². The second-order valence-electron chi connectivity index (χ2n) is 6.14. The van der Waals surface area contributed by atoms with E-state index in [-0.39, 0.29) is 5.92 Å². The Bertz CT molecular complexity index is 384. The highest BCUT2D eigenvalue weighted by atomic mass is 16.5. The number of hydrogen-bond donors (Lipinski definition) is 1. The van der Waals surface area contributed by atoms with Gasteiger partial charge < -0.3 is 9.84 Å². The summed E-state index contributed by atoms with van der Waals surface area (Å²) in [6.45, 7) is 4.83. The highest BCUT2D eigenvalue weighted by Gasteiger charge is 2.43. The molecule has 2 atom stereocenters. The van der Waals surface area contributed by atoms with Crippen LogP contribution in [0.1, 0.15) is 58.8 Å². The topological polar surface area (TPSA) is 46.5 Å². The molecule has 0 bridgehead atoms. The van der Waals surface area contributed by atoms with Gasteiger partial charge in [-0.3, -0.25) is 4.79 Å². The van der Waals surface area contributed by atoms with Crippen molar-refractivity contribution in [1.29, 1.82) is 0 Å². The van der Waals surface area contributed by atoms with E-state index in [1.165, 1.54) is 19.3 Å². The van der Waals surface area contributed by atoms with Gasteiger partial charge in [-0.1, -0.05) is 62.8 Å². The molecule has 1 N–H and O–H groups in total. The maximum Gasteiger partial charge on any atom is 0.314 e. The van der Waals surface area contributed by atoms with Gasteiger partial charge in [0, 0.05) is 13.7 Å². The van der Waals surface area contributed by atoms with Crippen LogP contribution in [0.15, 0.2) is 23.8 Å². The minimum Gasteiger partial charge on any atom is -0.481 e. The maximum absolute atomic E-state index is 12.0. The average molecular weight is 294 g/mol. The van der Waals surface area contributed by atoms with E-state index in [0.29, 0.717) is 6.61 Å². The Balaban J connectivity index is 2.75.